The summed E-state index contributed by atoms with van der Waals surface area (Å²) in [5.41, 5.74) is 4.37. The van der Waals surface area contributed by atoms with Crippen LogP contribution in [0.1, 0.15) is 40.3 Å². The van der Waals surface area contributed by atoms with Crippen LogP contribution < -0.4 is 0 Å². The van der Waals surface area contributed by atoms with Crippen molar-refractivity contribution in [2.75, 3.05) is 12.9 Å². The van der Waals surface area contributed by atoms with Gasteiger partial charge >= 0.3 is 0 Å². The quantitative estimate of drug-likeness (QED) is 0.665. The van der Waals surface area contributed by atoms with Crippen molar-refractivity contribution in [2.24, 2.45) is 0 Å². The van der Waals surface area contributed by atoms with Gasteiger partial charge in [0.25, 0.3) is 0 Å². The molecule has 1 fully saturated rings. The van der Waals surface area contributed by atoms with Crippen molar-refractivity contribution in [3.05, 3.63) is 58.7 Å². The van der Waals surface area contributed by atoms with Gasteiger partial charge in [-0.1, -0.05) is 18.2 Å². The number of thioether (sulfide) groups is 2. The molecule has 0 spiro atoms. The van der Waals surface area contributed by atoms with Crippen LogP contribution in [0.3, 0.4) is 0 Å². The molecular weight excluding hydrogens is 364 g/mol. The van der Waals surface area contributed by atoms with E-state index in [0.29, 0.717) is 12.8 Å². The van der Waals surface area contributed by atoms with Crippen LogP contribution in [0, 0.1) is 6.92 Å². The van der Waals surface area contributed by atoms with Crippen LogP contribution in [-0.2, 0) is 6.42 Å². The summed E-state index contributed by atoms with van der Waals surface area (Å²) in [4.78, 5) is 1.25. The lowest BCUT2D eigenvalue weighted by Crippen LogP contribution is -2.26. The van der Waals surface area contributed by atoms with Crippen molar-refractivity contribution in [1.82, 2.24) is 0 Å². The van der Waals surface area contributed by atoms with Crippen molar-refractivity contribution >= 4 is 23.5 Å². The van der Waals surface area contributed by atoms with Gasteiger partial charge in [-0.15, -0.1) is 23.5 Å². The van der Waals surface area contributed by atoms with Crippen LogP contribution in [-0.4, -0.2) is 39.5 Å². The van der Waals surface area contributed by atoms with E-state index in [2.05, 4.69) is 36.6 Å². The van der Waals surface area contributed by atoms with E-state index in [9.17, 15) is 15.3 Å². The smallest absolute Gasteiger partial charge is 0.120 e. The number of aliphatic hydroxyl groups excluding tert-OH is 2. The number of phenols is 1. The lowest BCUT2D eigenvalue weighted by atomic mass is 9.94. The lowest BCUT2D eigenvalue weighted by Gasteiger charge is -2.32. The van der Waals surface area contributed by atoms with E-state index < -0.39 is 6.10 Å². The maximum atomic E-state index is 10.5. The van der Waals surface area contributed by atoms with E-state index in [1.807, 2.05) is 13.0 Å². The van der Waals surface area contributed by atoms with Crippen LogP contribution in [0.15, 0.2) is 41.3 Å². The minimum Gasteiger partial charge on any atom is -0.508 e. The third-order valence-electron chi connectivity index (χ3n) is 4.97. The summed E-state index contributed by atoms with van der Waals surface area (Å²) in [6, 6.07) is 12.5. The van der Waals surface area contributed by atoms with Gasteiger partial charge < -0.3 is 15.3 Å². The molecule has 3 atom stereocenters. The van der Waals surface area contributed by atoms with Gasteiger partial charge in [-0.05, 0) is 67.3 Å². The largest absolute Gasteiger partial charge is 0.508 e. The zero-order chi connectivity index (χ0) is 18.7. The lowest BCUT2D eigenvalue weighted by molar-refractivity contribution is 0.137. The number of hydrogen-bond acceptors (Lipinski definition) is 5. The van der Waals surface area contributed by atoms with Crippen molar-refractivity contribution < 1.29 is 15.3 Å². The van der Waals surface area contributed by atoms with Crippen molar-refractivity contribution in [3.63, 3.8) is 0 Å². The van der Waals surface area contributed by atoms with Gasteiger partial charge in [0.1, 0.15) is 5.75 Å². The number of phenolic OH excluding ortho intramolecular Hbond substituents is 1. The van der Waals surface area contributed by atoms with Crippen LogP contribution in [0.25, 0.3) is 0 Å². The SMILES string of the molecule is CSc1ccc(Cc2cc(C3CC(O)CC(CO)S3)c(O)cc2C)cc1. The normalized spacial score (nSPS) is 23.2. The summed E-state index contributed by atoms with van der Waals surface area (Å²) in [6.07, 6.45) is 3.68. The Balaban J connectivity index is 1.86. The molecule has 1 heterocycles. The predicted octanol–water partition coefficient (Wildman–Crippen LogP) is 4.30. The highest BCUT2D eigenvalue weighted by molar-refractivity contribution is 8.00. The minimum atomic E-state index is -0.429. The fraction of sp³-hybridized carbons (Fsp3) is 0.429. The third kappa shape index (κ3) is 4.58. The molecule has 0 radical (unpaired) electrons. The fourth-order valence-electron chi connectivity index (χ4n) is 3.48. The summed E-state index contributed by atoms with van der Waals surface area (Å²) in [7, 11) is 0. The highest BCUT2D eigenvalue weighted by atomic mass is 32.2. The Labute approximate surface area is 163 Å². The molecule has 0 aromatic heterocycles. The van der Waals surface area contributed by atoms with Crippen LogP contribution in [0.4, 0.5) is 0 Å². The first-order valence-electron chi connectivity index (χ1n) is 8.89. The van der Waals surface area contributed by atoms with Crippen LogP contribution >= 0.6 is 23.5 Å². The molecule has 3 N–H and O–H groups in total. The Kier molecular flexibility index (Phi) is 6.56. The monoisotopic (exact) mass is 390 g/mol. The summed E-state index contributed by atoms with van der Waals surface area (Å²) < 4.78 is 0. The predicted molar refractivity (Wildman–Crippen MR) is 110 cm³/mol. The van der Waals surface area contributed by atoms with E-state index in [1.54, 1.807) is 23.5 Å². The first-order valence-corrected chi connectivity index (χ1v) is 11.1. The summed E-state index contributed by atoms with van der Waals surface area (Å²) >= 11 is 3.39. The Morgan fingerprint density at radius 2 is 1.88 bits per heavy atom. The van der Waals surface area contributed by atoms with Gasteiger partial charge in [0.15, 0.2) is 0 Å². The van der Waals surface area contributed by atoms with Crippen LogP contribution in [0.5, 0.6) is 5.75 Å². The average Bonchev–Trinajstić information content (AvgIpc) is 2.64. The Bertz CT molecular complexity index is 746. The maximum absolute atomic E-state index is 10.5. The standard InChI is InChI=1S/C21H26O3S2/c1-13-7-20(24)19(21-11-16(23)10-18(12-22)26-21)9-15(13)8-14-3-5-17(25-2)6-4-14/h3-7,9,16,18,21-24H,8,10-12H2,1-2H3. The Hall–Kier alpha value is -1.14. The number of rotatable bonds is 5. The molecule has 0 amide bonds. The minimum absolute atomic E-state index is 0.00844. The third-order valence-corrected chi connectivity index (χ3v) is 7.21. The summed E-state index contributed by atoms with van der Waals surface area (Å²) in [5.74, 6) is 0.285. The van der Waals surface area contributed by atoms with Crippen molar-refractivity contribution in [1.29, 1.82) is 0 Å². The second-order valence-electron chi connectivity index (χ2n) is 6.92. The molecule has 5 heteroatoms. The Morgan fingerprint density at radius 1 is 1.15 bits per heavy atom. The van der Waals surface area contributed by atoms with Crippen LogP contribution in [0.2, 0.25) is 0 Å². The molecule has 1 aliphatic heterocycles. The maximum Gasteiger partial charge on any atom is 0.120 e. The first-order chi connectivity index (χ1) is 12.5. The molecule has 0 saturated carbocycles. The van der Waals surface area contributed by atoms with E-state index in [1.165, 1.54) is 16.0 Å². The van der Waals surface area contributed by atoms with Gasteiger partial charge in [-0.2, -0.15) is 0 Å². The first kappa shape index (κ1) is 19.6. The van der Waals surface area contributed by atoms with Crippen molar-refractivity contribution in [3.8, 4) is 5.75 Å². The van der Waals surface area contributed by atoms with Gasteiger partial charge in [0, 0.05) is 21.0 Å². The molecule has 140 valence electrons. The molecule has 2 aromatic carbocycles. The zero-order valence-electron chi connectivity index (χ0n) is 15.2. The molecule has 3 rings (SSSR count). The molecule has 1 saturated heterocycles. The summed E-state index contributed by atoms with van der Waals surface area (Å²) in [6.45, 7) is 2.08. The molecule has 1 aliphatic rings. The Morgan fingerprint density at radius 3 is 2.54 bits per heavy atom. The van der Waals surface area contributed by atoms with Crippen molar-refractivity contribution in [2.45, 2.75) is 47.7 Å². The fourth-order valence-corrected chi connectivity index (χ4v) is 5.44. The molecule has 3 unspecified atom stereocenters. The van der Waals surface area contributed by atoms with E-state index >= 15 is 0 Å². The molecule has 0 aliphatic carbocycles. The molecular formula is C21H26O3S2. The number of aromatic hydroxyl groups is 1. The molecule has 2 aromatic rings. The number of aryl methyl sites for hydroxylation is 1. The second-order valence-corrected chi connectivity index (χ2v) is 9.30. The van der Waals surface area contributed by atoms with Gasteiger partial charge in [-0.3, -0.25) is 0 Å². The van der Waals surface area contributed by atoms with E-state index in [0.717, 1.165) is 17.5 Å². The second kappa shape index (κ2) is 8.70. The molecule has 3 nitrogen and oxygen atoms in total. The number of benzene rings is 2. The average molecular weight is 391 g/mol. The zero-order valence-corrected chi connectivity index (χ0v) is 16.8. The highest BCUT2D eigenvalue weighted by Gasteiger charge is 2.30. The summed E-state index contributed by atoms with van der Waals surface area (Å²) in [5, 5.41) is 30.1. The van der Waals surface area contributed by atoms with E-state index in [4.69, 9.17) is 0 Å². The highest BCUT2D eigenvalue weighted by Crippen LogP contribution is 2.46. The molecule has 26 heavy (non-hydrogen) atoms. The molecule has 0 bridgehead atoms. The van der Waals surface area contributed by atoms with Gasteiger partial charge in [0.2, 0.25) is 0 Å². The topological polar surface area (TPSA) is 60.7 Å². The number of aliphatic hydroxyl groups is 2. The number of hydrogen-bond donors (Lipinski definition) is 3. The van der Waals surface area contributed by atoms with Gasteiger partial charge in [-0.25, -0.2) is 0 Å². The van der Waals surface area contributed by atoms with E-state index in [-0.39, 0.29) is 22.9 Å². The van der Waals surface area contributed by atoms with Gasteiger partial charge in [0.05, 0.1) is 12.7 Å².